The molecule has 1 amide bonds. The molecular formula is C17H18F2N4O. The van der Waals surface area contributed by atoms with Crippen LogP contribution in [0.5, 0.6) is 0 Å². The second-order valence-corrected chi connectivity index (χ2v) is 5.45. The van der Waals surface area contributed by atoms with Gasteiger partial charge in [-0.1, -0.05) is 0 Å². The van der Waals surface area contributed by atoms with E-state index >= 15 is 0 Å². The first kappa shape index (κ1) is 17.5. The molecule has 0 atom stereocenters. The minimum atomic E-state index is -0.605. The summed E-state index contributed by atoms with van der Waals surface area (Å²) >= 11 is 0. The van der Waals surface area contributed by atoms with Gasteiger partial charge >= 0.3 is 0 Å². The van der Waals surface area contributed by atoms with Crippen molar-refractivity contribution in [2.24, 2.45) is 0 Å². The van der Waals surface area contributed by atoms with E-state index in [1.807, 2.05) is 14.1 Å². The molecule has 24 heavy (non-hydrogen) atoms. The van der Waals surface area contributed by atoms with E-state index in [1.165, 1.54) is 6.08 Å². The molecule has 0 radical (unpaired) electrons. The standard InChI is InChI=1S/C17H18F2N4O/c1-10-16(11(2)21-17(20-10)23(3)4)22-15(24)8-5-12-9-13(18)6-7-14(12)19/h5-9H,1-4H3,(H,22,24)/b8-5+. The smallest absolute Gasteiger partial charge is 0.248 e. The maximum atomic E-state index is 13.5. The van der Waals surface area contributed by atoms with Crippen LogP contribution in [-0.2, 0) is 4.79 Å². The highest BCUT2D eigenvalue weighted by molar-refractivity contribution is 6.02. The largest absolute Gasteiger partial charge is 0.347 e. The number of carbonyl (C=O) groups excluding carboxylic acids is 1. The first-order valence-electron chi connectivity index (χ1n) is 7.24. The quantitative estimate of drug-likeness (QED) is 0.874. The predicted octanol–water partition coefficient (Wildman–Crippen LogP) is 3.09. The van der Waals surface area contributed by atoms with Crippen molar-refractivity contribution < 1.29 is 13.6 Å². The van der Waals surface area contributed by atoms with Crippen LogP contribution in [0.15, 0.2) is 24.3 Å². The van der Waals surface area contributed by atoms with E-state index in [1.54, 1.807) is 18.7 Å². The van der Waals surface area contributed by atoms with Crippen LogP contribution in [0.3, 0.4) is 0 Å². The lowest BCUT2D eigenvalue weighted by Gasteiger charge is -2.15. The van der Waals surface area contributed by atoms with Crippen LogP contribution in [0, 0.1) is 25.5 Å². The molecule has 0 bridgehead atoms. The van der Waals surface area contributed by atoms with Crippen LogP contribution in [0.25, 0.3) is 6.08 Å². The Morgan fingerprint density at radius 3 is 2.38 bits per heavy atom. The van der Waals surface area contributed by atoms with E-state index in [0.29, 0.717) is 23.0 Å². The third kappa shape index (κ3) is 4.13. The number of rotatable bonds is 4. The second kappa shape index (κ2) is 7.16. The van der Waals surface area contributed by atoms with Gasteiger partial charge < -0.3 is 10.2 Å². The summed E-state index contributed by atoms with van der Waals surface area (Å²) in [5, 5.41) is 2.66. The van der Waals surface area contributed by atoms with Gasteiger partial charge in [0, 0.05) is 25.7 Å². The number of benzene rings is 1. The van der Waals surface area contributed by atoms with E-state index in [0.717, 1.165) is 24.3 Å². The van der Waals surface area contributed by atoms with E-state index in [2.05, 4.69) is 15.3 Å². The van der Waals surface area contributed by atoms with Gasteiger partial charge in [0.15, 0.2) is 0 Å². The Labute approximate surface area is 139 Å². The molecule has 1 heterocycles. The normalized spacial score (nSPS) is 10.9. The topological polar surface area (TPSA) is 58.1 Å². The maximum Gasteiger partial charge on any atom is 0.248 e. The molecule has 5 nitrogen and oxygen atoms in total. The molecule has 0 unspecified atom stereocenters. The predicted molar refractivity (Wildman–Crippen MR) is 89.9 cm³/mol. The number of aryl methyl sites for hydroxylation is 2. The molecule has 0 saturated heterocycles. The number of nitrogens with zero attached hydrogens (tertiary/aromatic N) is 3. The van der Waals surface area contributed by atoms with Crippen LogP contribution in [0.4, 0.5) is 20.4 Å². The highest BCUT2D eigenvalue weighted by Gasteiger charge is 2.11. The van der Waals surface area contributed by atoms with Crippen molar-refractivity contribution in [3.63, 3.8) is 0 Å². The van der Waals surface area contributed by atoms with E-state index < -0.39 is 17.5 Å². The highest BCUT2D eigenvalue weighted by atomic mass is 19.1. The lowest BCUT2D eigenvalue weighted by atomic mass is 10.2. The second-order valence-electron chi connectivity index (χ2n) is 5.45. The number of hydrogen-bond acceptors (Lipinski definition) is 4. The molecule has 0 spiro atoms. The fourth-order valence-electron chi connectivity index (χ4n) is 2.05. The molecule has 0 aliphatic heterocycles. The van der Waals surface area contributed by atoms with Crippen LogP contribution in [0.2, 0.25) is 0 Å². The molecule has 0 aliphatic rings. The Morgan fingerprint density at radius 1 is 1.17 bits per heavy atom. The lowest BCUT2D eigenvalue weighted by molar-refractivity contribution is -0.111. The van der Waals surface area contributed by atoms with Crippen molar-refractivity contribution in [1.82, 2.24) is 9.97 Å². The van der Waals surface area contributed by atoms with Gasteiger partial charge in [0.2, 0.25) is 11.9 Å². The Balaban J connectivity index is 2.18. The van der Waals surface area contributed by atoms with Gasteiger partial charge in [0.1, 0.15) is 11.6 Å². The number of amides is 1. The van der Waals surface area contributed by atoms with Crippen LogP contribution in [0.1, 0.15) is 17.0 Å². The van der Waals surface area contributed by atoms with Crippen molar-refractivity contribution >= 4 is 23.6 Å². The summed E-state index contributed by atoms with van der Waals surface area (Å²) in [7, 11) is 3.64. The minimum Gasteiger partial charge on any atom is -0.347 e. The average molecular weight is 332 g/mol. The van der Waals surface area contributed by atoms with Gasteiger partial charge in [-0.2, -0.15) is 0 Å². The summed E-state index contributed by atoms with van der Waals surface area (Å²) in [6.45, 7) is 3.51. The molecule has 2 rings (SSSR count). The van der Waals surface area contributed by atoms with Gasteiger partial charge in [-0.15, -0.1) is 0 Å². The summed E-state index contributed by atoms with van der Waals surface area (Å²) in [5.74, 6) is -1.12. The highest BCUT2D eigenvalue weighted by Crippen LogP contribution is 2.19. The molecule has 0 saturated carbocycles. The zero-order chi connectivity index (χ0) is 17.9. The van der Waals surface area contributed by atoms with E-state index in [9.17, 15) is 13.6 Å². The summed E-state index contributed by atoms with van der Waals surface area (Å²) in [6.07, 6.45) is 2.35. The fourth-order valence-corrected chi connectivity index (χ4v) is 2.05. The zero-order valence-electron chi connectivity index (χ0n) is 13.9. The van der Waals surface area contributed by atoms with Crippen LogP contribution in [-0.4, -0.2) is 30.0 Å². The Kier molecular flexibility index (Phi) is 5.23. The number of halogens is 2. The summed E-state index contributed by atoms with van der Waals surface area (Å²) in [4.78, 5) is 22.4. The van der Waals surface area contributed by atoms with E-state index in [4.69, 9.17) is 0 Å². The Bertz CT molecular complexity index is 780. The monoisotopic (exact) mass is 332 g/mol. The fraction of sp³-hybridized carbons (Fsp3) is 0.235. The van der Waals surface area contributed by atoms with Crippen molar-refractivity contribution in [1.29, 1.82) is 0 Å². The third-order valence-electron chi connectivity index (χ3n) is 3.28. The summed E-state index contributed by atoms with van der Waals surface area (Å²) in [6, 6.07) is 3.04. The number of aromatic nitrogens is 2. The van der Waals surface area contributed by atoms with Gasteiger partial charge in [0.25, 0.3) is 0 Å². The van der Waals surface area contributed by atoms with Gasteiger partial charge in [0.05, 0.1) is 17.1 Å². The van der Waals surface area contributed by atoms with Crippen molar-refractivity contribution in [2.75, 3.05) is 24.3 Å². The van der Waals surface area contributed by atoms with Crippen molar-refractivity contribution in [3.8, 4) is 0 Å². The van der Waals surface area contributed by atoms with Gasteiger partial charge in [-0.05, 0) is 38.1 Å². The number of hydrogen-bond donors (Lipinski definition) is 1. The molecule has 0 aliphatic carbocycles. The number of carbonyl (C=O) groups is 1. The number of anilines is 2. The molecule has 1 aromatic carbocycles. The Hall–Kier alpha value is -2.83. The molecule has 126 valence electrons. The first-order chi connectivity index (χ1) is 11.3. The molecule has 7 heteroatoms. The minimum absolute atomic E-state index is 0.00204. The van der Waals surface area contributed by atoms with Crippen LogP contribution >= 0.6 is 0 Å². The molecule has 1 aromatic heterocycles. The SMILES string of the molecule is Cc1nc(N(C)C)nc(C)c1NC(=O)/C=C/c1cc(F)ccc1F. The van der Waals surface area contributed by atoms with Crippen molar-refractivity contribution in [2.45, 2.75) is 13.8 Å². The van der Waals surface area contributed by atoms with Gasteiger partial charge in [-0.3, -0.25) is 4.79 Å². The average Bonchev–Trinajstić information content (AvgIpc) is 2.51. The molecule has 0 fully saturated rings. The maximum absolute atomic E-state index is 13.5. The summed E-state index contributed by atoms with van der Waals surface area (Å²) in [5.41, 5.74) is 1.72. The Morgan fingerprint density at radius 2 is 1.79 bits per heavy atom. The summed E-state index contributed by atoms with van der Waals surface area (Å²) < 4.78 is 26.6. The van der Waals surface area contributed by atoms with Crippen molar-refractivity contribution in [3.05, 3.63) is 52.9 Å². The molecular weight excluding hydrogens is 314 g/mol. The third-order valence-corrected chi connectivity index (χ3v) is 3.28. The lowest BCUT2D eigenvalue weighted by Crippen LogP contribution is -2.17. The van der Waals surface area contributed by atoms with E-state index in [-0.39, 0.29) is 5.56 Å². The molecule has 1 N–H and O–H groups in total. The van der Waals surface area contributed by atoms with Crippen LogP contribution < -0.4 is 10.2 Å². The number of nitrogens with one attached hydrogen (secondary N) is 1. The zero-order valence-corrected chi connectivity index (χ0v) is 13.9. The first-order valence-corrected chi connectivity index (χ1v) is 7.24. The molecule has 2 aromatic rings. The van der Waals surface area contributed by atoms with Gasteiger partial charge in [-0.25, -0.2) is 18.7 Å².